The van der Waals surface area contributed by atoms with Crippen molar-refractivity contribution in [2.24, 2.45) is 10.2 Å². The third-order valence-corrected chi connectivity index (χ3v) is 4.76. The van der Waals surface area contributed by atoms with Crippen molar-refractivity contribution in [3.8, 4) is 11.3 Å². The highest BCUT2D eigenvalue weighted by atomic mass is 32.2. The van der Waals surface area contributed by atoms with Crippen molar-refractivity contribution in [1.29, 1.82) is 0 Å². The summed E-state index contributed by atoms with van der Waals surface area (Å²) in [5.74, 6) is 0.117. The predicted octanol–water partition coefficient (Wildman–Crippen LogP) is 5.71. The highest BCUT2D eigenvalue weighted by Gasteiger charge is 2.34. The van der Waals surface area contributed by atoms with Gasteiger partial charge < -0.3 is 0 Å². The van der Waals surface area contributed by atoms with Gasteiger partial charge in [-0.1, -0.05) is 37.3 Å². The molecule has 0 aliphatic rings. The van der Waals surface area contributed by atoms with Crippen molar-refractivity contribution in [2.75, 3.05) is 5.75 Å². The number of rotatable bonds is 5. The van der Waals surface area contributed by atoms with Gasteiger partial charge in [-0.2, -0.15) is 23.4 Å². The fraction of sp³-hybridized carbons (Fsp3) is 0.158. The van der Waals surface area contributed by atoms with Crippen molar-refractivity contribution in [3.05, 3.63) is 66.4 Å². The SMILES string of the molecule is CCS(=O)c1nc(-c2cccc(N=Nc3ccccc3)c2)cc(C(F)(F)F)n1. The van der Waals surface area contributed by atoms with Crippen LogP contribution in [0.4, 0.5) is 24.5 Å². The first kappa shape index (κ1) is 19.8. The smallest absolute Gasteiger partial charge is 0.251 e. The second-order valence-corrected chi connectivity index (χ2v) is 7.27. The zero-order valence-electron chi connectivity index (χ0n) is 14.7. The Morgan fingerprint density at radius 2 is 1.61 bits per heavy atom. The van der Waals surface area contributed by atoms with E-state index in [2.05, 4.69) is 20.2 Å². The van der Waals surface area contributed by atoms with E-state index in [4.69, 9.17) is 0 Å². The molecule has 0 aliphatic carbocycles. The standard InChI is InChI=1S/C19H15F3N4OS/c1-2-28(27)18-23-16(12-17(24-18)19(20,21)22)13-7-6-10-15(11-13)26-25-14-8-4-3-5-9-14/h3-12H,2H2,1H3. The minimum Gasteiger partial charge on any atom is -0.251 e. The molecule has 0 N–H and O–H groups in total. The van der Waals surface area contributed by atoms with Crippen LogP contribution in [-0.4, -0.2) is 19.9 Å². The second kappa shape index (κ2) is 8.39. The number of hydrogen-bond donors (Lipinski definition) is 0. The van der Waals surface area contributed by atoms with Crippen molar-refractivity contribution >= 4 is 22.2 Å². The zero-order chi connectivity index (χ0) is 20.1. The van der Waals surface area contributed by atoms with E-state index >= 15 is 0 Å². The van der Waals surface area contributed by atoms with Crippen LogP contribution in [0.15, 0.2) is 76.0 Å². The highest BCUT2D eigenvalue weighted by molar-refractivity contribution is 7.84. The molecule has 0 bridgehead atoms. The largest absolute Gasteiger partial charge is 0.433 e. The Morgan fingerprint density at radius 1 is 0.929 bits per heavy atom. The Hall–Kier alpha value is -2.94. The molecule has 28 heavy (non-hydrogen) atoms. The zero-order valence-corrected chi connectivity index (χ0v) is 15.5. The van der Waals surface area contributed by atoms with E-state index in [1.54, 1.807) is 43.3 Å². The van der Waals surface area contributed by atoms with Crippen molar-refractivity contribution in [2.45, 2.75) is 18.3 Å². The maximum absolute atomic E-state index is 13.2. The number of aromatic nitrogens is 2. The van der Waals surface area contributed by atoms with Crippen molar-refractivity contribution < 1.29 is 17.4 Å². The first-order valence-corrected chi connectivity index (χ1v) is 9.60. The molecule has 1 unspecified atom stereocenters. The molecule has 1 aromatic heterocycles. The Bertz CT molecular complexity index is 1020. The summed E-state index contributed by atoms with van der Waals surface area (Å²) in [4.78, 5) is 7.48. The first-order chi connectivity index (χ1) is 13.4. The van der Waals surface area contributed by atoms with Gasteiger partial charge in [0.2, 0.25) is 5.16 Å². The molecule has 0 fully saturated rings. The van der Waals surface area contributed by atoms with Gasteiger partial charge in [0.05, 0.1) is 27.9 Å². The lowest BCUT2D eigenvalue weighted by atomic mass is 10.1. The normalized spacial score (nSPS) is 13.0. The van der Waals surface area contributed by atoms with Gasteiger partial charge in [-0.05, 0) is 30.3 Å². The van der Waals surface area contributed by atoms with Crippen LogP contribution < -0.4 is 0 Å². The van der Waals surface area contributed by atoms with Gasteiger partial charge in [0, 0.05) is 11.3 Å². The van der Waals surface area contributed by atoms with Crippen LogP contribution in [0.3, 0.4) is 0 Å². The average molecular weight is 404 g/mol. The summed E-state index contributed by atoms with van der Waals surface area (Å²) in [7, 11) is -1.72. The Morgan fingerprint density at radius 3 is 2.29 bits per heavy atom. The van der Waals surface area contributed by atoms with E-state index in [0.29, 0.717) is 16.9 Å². The summed E-state index contributed by atoms with van der Waals surface area (Å²) in [6, 6.07) is 16.4. The molecule has 0 radical (unpaired) electrons. The van der Waals surface area contributed by atoms with Crippen LogP contribution in [0.2, 0.25) is 0 Å². The summed E-state index contributed by atoms with van der Waals surface area (Å²) in [5, 5.41) is 7.85. The maximum atomic E-state index is 13.2. The molecule has 3 rings (SSSR count). The van der Waals surface area contributed by atoms with Crippen LogP contribution in [0.25, 0.3) is 11.3 Å². The van der Waals surface area contributed by atoms with Gasteiger partial charge in [0.1, 0.15) is 5.69 Å². The summed E-state index contributed by atoms with van der Waals surface area (Å²) in [6.07, 6.45) is -4.67. The molecule has 5 nitrogen and oxygen atoms in total. The molecule has 9 heteroatoms. The number of hydrogen-bond acceptors (Lipinski definition) is 5. The molecule has 1 atom stereocenters. The minimum absolute atomic E-state index is 0.0240. The van der Waals surface area contributed by atoms with Crippen LogP contribution in [0.5, 0.6) is 0 Å². The Labute approximate surface area is 161 Å². The van der Waals surface area contributed by atoms with Gasteiger partial charge in [-0.15, -0.1) is 0 Å². The van der Waals surface area contributed by atoms with Crippen LogP contribution in [-0.2, 0) is 17.0 Å². The number of alkyl halides is 3. The lowest BCUT2D eigenvalue weighted by Gasteiger charge is -2.10. The monoisotopic (exact) mass is 404 g/mol. The van der Waals surface area contributed by atoms with E-state index in [-0.39, 0.29) is 16.6 Å². The average Bonchev–Trinajstić information content (AvgIpc) is 2.71. The van der Waals surface area contributed by atoms with E-state index in [9.17, 15) is 17.4 Å². The molecule has 2 aromatic carbocycles. The molecule has 0 saturated heterocycles. The molecule has 3 aromatic rings. The molecule has 0 aliphatic heterocycles. The Kier molecular flexibility index (Phi) is 5.93. The van der Waals surface area contributed by atoms with E-state index in [1.165, 1.54) is 0 Å². The van der Waals surface area contributed by atoms with E-state index in [1.807, 2.05) is 18.2 Å². The first-order valence-electron chi connectivity index (χ1n) is 8.28. The van der Waals surface area contributed by atoms with Crippen molar-refractivity contribution in [1.82, 2.24) is 9.97 Å². The maximum Gasteiger partial charge on any atom is 0.433 e. The van der Waals surface area contributed by atoms with Gasteiger partial charge in [-0.3, -0.25) is 4.21 Å². The van der Waals surface area contributed by atoms with Gasteiger partial charge in [-0.25, -0.2) is 9.97 Å². The highest BCUT2D eigenvalue weighted by Crippen LogP contribution is 2.32. The van der Waals surface area contributed by atoms with Crippen LogP contribution in [0.1, 0.15) is 12.6 Å². The fourth-order valence-corrected chi connectivity index (χ4v) is 2.95. The van der Waals surface area contributed by atoms with Gasteiger partial charge >= 0.3 is 6.18 Å². The fourth-order valence-electron chi connectivity index (χ4n) is 2.29. The third kappa shape index (κ3) is 4.86. The summed E-state index contributed by atoms with van der Waals surface area (Å²) < 4.78 is 51.6. The van der Waals surface area contributed by atoms with Gasteiger partial charge in [0.25, 0.3) is 0 Å². The van der Waals surface area contributed by atoms with E-state index in [0.717, 1.165) is 6.07 Å². The van der Waals surface area contributed by atoms with Crippen molar-refractivity contribution in [3.63, 3.8) is 0 Å². The number of nitrogens with zero attached hydrogens (tertiary/aromatic N) is 4. The molecular formula is C19H15F3N4OS. The summed E-state index contributed by atoms with van der Waals surface area (Å²) in [6.45, 7) is 1.59. The minimum atomic E-state index is -4.67. The summed E-state index contributed by atoms with van der Waals surface area (Å²) in [5.41, 5.74) is 0.384. The lowest BCUT2D eigenvalue weighted by Crippen LogP contribution is -2.13. The molecule has 0 saturated carbocycles. The number of halogens is 3. The second-order valence-electron chi connectivity index (χ2n) is 5.64. The molecular weight excluding hydrogens is 389 g/mol. The third-order valence-electron chi connectivity index (χ3n) is 3.64. The summed E-state index contributed by atoms with van der Waals surface area (Å²) >= 11 is 0. The topological polar surface area (TPSA) is 67.6 Å². The van der Waals surface area contributed by atoms with Crippen LogP contribution in [0, 0.1) is 0 Å². The molecule has 0 spiro atoms. The predicted molar refractivity (Wildman–Crippen MR) is 100 cm³/mol. The molecule has 0 amide bonds. The van der Waals surface area contributed by atoms with E-state index < -0.39 is 22.7 Å². The number of azo groups is 1. The molecule has 1 heterocycles. The molecule has 144 valence electrons. The number of benzene rings is 2. The Balaban J connectivity index is 2.01. The van der Waals surface area contributed by atoms with Crippen LogP contribution >= 0.6 is 0 Å². The van der Waals surface area contributed by atoms with Gasteiger partial charge in [0.15, 0.2) is 0 Å². The lowest BCUT2D eigenvalue weighted by molar-refractivity contribution is -0.141. The quantitative estimate of drug-likeness (QED) is 0.404.